The molecule has 1 heterocycles. The van der Waals surface area contributed by atoms with Crippen molar-refractivity contribution in [3.05, 3.63) is 48.2 Å². The number of aromatic nitrogens is 1. The molecule has 1 amide bonds. The first-order chi connectivity index (χ1) is 13.9. The third-order valence-electron chi connectivity index (χ3n) is 4.37. The Balaban J connectivity index is 1.70. The van der Waals surface area contributed by atoms with Crippen LogP contribution in [0, 0.1) is 0 Å². The molecule has 8 heteroatoms. The average Bonchev–Trinajstić information content (AvgIpc) is 3.16. The number of hydrogen-bond acceptors (Lipinski definition) is 6. The standard InChI is InChI=1S/C21H22N2O6/c1-12(20(24)23-17-11-15(27-3)7-8-19(17)28-4)29-21(25)18-9-13-5-6-14(26-2)10-16(13)22-18/h5-12,22H,1-4H3,(H,23,24). The largest absolute Gasteiger partial charge is 0.497 e. The zero-order valence-corrected chi connectivity index (χ0v) is 16.6. The summed E-state index contributed by atoms with van der Waals surface area (Å²) in [6.45, 7) is 1.49. The van der Waals surface area contributed by atoms with Gasteiger partial charge in [-0.05, 0) is 37.3 Å². The number of benzene rings is 2. The van der Waals surface area contributed by atoms with Crippen LogP contribution in [0.1, 0.15) is 17.4 Å². The maximum Gasteiger partial charge on any atom is 0.355 e. The third kappa shape index (κ3) is 4.43. The zero-order chi connectivity index (χ0) is 21.0. The fourth-order valence-corrected chi connectivity index (χ4v) is 2.77. The van der Waals surface area contributed by atoms with Crippen LogP contribution in [-0.4, -0.2) is 44.3 Å². The molecule has 3 aromatic rings. The van der Waals surface area contributed by atoms with Gasteiger partial charge in [-0.1, -0.05) is 0 Å². The van der Waals surface area contributed by atoms with Gasteiger partial charge in [0.1, 0.15) is 22.9 Å². The second-order valence-electron chi connectivity index (χ2n) is 6.24. The summed E-state index contributed by atoms with van der Waals surface area (Å²) in [5, 5.41) is 3.52. The van der Waals surface area contributed by atoms with E-state index in [-0.39, 0.29) is 5.69 Å². The van der Waals surface area contributed by atoms with Gasteiger partial charge in [-0.3, -0.25) is 4.79 Å². The summed E-state index contributed by atoms with van der Waals surface area (Å²) in [6.07, 6.45) is -1.03. The molecule has 1 aromatic heterocycles. The summed E-state index contributed by atoms with van der Waals surface area (Å²) in [5.74, 6) is 0.545. The van der Waals surface area contributed by atoms with E-state index in [1.165, 1.54) is 21.1 Å². The van der Waals surface area contributed by atoms with Gasteiger partial charge in [-0.2, -0.15) is 0 Å². The zero-order valence-electron chi connectivity index (χ0n) is 16.6. The van der Waals surface area contributed by atoms with Crippen molar-refractivity contribution in [3.8, 4) is 17.2 Å². The number of fused-ring (bicyclic) bond motifs is 1. The molecule has 8 nitrogen and oxygen atoms in total. The highest BCUT2D eigenvalue weighted by Gasteiger charge is 2.21. The number of aromatic amines is 1. The van der Waals surface area contributed by atoms with Crippen LogP contribution in [0.25, 0.3) is 10.9 Å². The molecule has 1 unspecified atom stereocenters. The first-order valence-corrected chi connectivity index (χ1v) is 8.85. The van der Waals surface area contributed by atoms with Crippen LogP contribution in [0.5, 0.6) is 17.2 Å². The smallest absolute Gasteiger partial charge is 0.355 e. The van der Waals surface area contributed by atoms with Crippen molar-refractivity contribution in [2.24, 2.45) is 0 Å². The summed E-state index contributed by atoms with van der Waals surface area (Å²) in [4.78, 5) is 27.9. The summed E-state index contributed by atoms with van der Waals surface area (Å²) in [6, 6.07) is 12.1. The molecule has 0 spiro atoms. The van der Waals surface area contributed by atoms with Crippen LogP contribution in [-0.2, 0) is 9.53 Å². The Kier molecular flexibility index (Phi) is 5.92. The Morgan fingerprint density at radius 3 is 2.31 bits per heavy atom. The van der Waals surface area contributed by atoms with E-state index >= 15 is 0 Å². The fourth-order valence-electron chi connectivity index (χ4n) is 2.77. The minimum absolute atomic E-state index is 0.242. The average molecular weight is 398 g/mol. The lowest BCUT2D eigenvalue weighted by atomic mass is 10.2. The van der Waals surface area contributed by atoms with Gasteiger partial charge in [0, 0.05) is 23.0 Å². The molecule has 152 valence electrons. The molecule has 0 saturated carbocycles. The number of rotatable bonds is 7. The lowest BCUT2D eigenvalue weighted by Gasteiger charge is -2.15. The van der Waals surface area contributed by atoms with E-state index in [1.807, 2.05) is 6.07 Å². The lowest BCUT2D eigenvalue weighted by Crippen LogP contribution is -2.30. The number of carbonyl (C=O) groups is 2. The van der Waals surface area contributed by atoms with Gasteiger partial charge in [0.15, 0.2) is 6.10 Å². The van der Waals surface area contributed by atoms with Gasteiger partial charge in [-0.25, -0.2) is 4.79 Å². The first-order valence-electron chi connectivity index (χ1n) is 8.85. The van der Waals surface area contributed by atoms with Crippen molar-refractivity contribution in [2.75, 3.05) is 26.6 Å². The molecule has 0 fully saturated rings. The molecule has 0 aliphatic heterocycles. The van der Waals surface area contributed by atoms with Crippen LogP contribution in [0.15, 0.2) is 42.5 Å². The molecule has 1 atom stereocenters. The van der Waals surface area contributed by atoms with Crippen molar-refractivity contribution in [2.45, 2.75) is 13.0 Å². The summed E-state index contributed by atoms with van der Waals surface area (Å²) < 4.78 is 20.9. The van der Waals surface area contributed by atoms with Gasteiger partial charge in [0.05, 0.1) is 27.0 Å². The monoisotopic (exact) mass is 398 g/mol. The maximum atomic E-state index is 12.5. The number of methoxy groups -OCH3 is 3. The van der Waals surface area contributed by atoms with E-state index in [0.717, 1.165) is 10.9 Å². The van der Waals surface area contributed by atoms with Crippen LogP contribution in [0.2, 0.25) is 0 Å². The minimum Gasteiger partial charge on any atom is -0.497 e. The summed E-state index contributed by atoms with van der Waals surface area (Å²) in [7, 11) is 4.58. The van der Waals surface area contributed by atoms with Gasteiger partial charge in [0.2, 0.25) is 0 Å². The molecule has 0 aliphatic rings. The van der Waals surface area contributed by atoms with Crippen LogP contribution >= 0.6 is 0 Å². The van der Waals surface area contributed by atoms with E-state index in [4.69, 9.17) is 18.9 Å². The third-order valence-corrected chi connectivity index (χ3v) is 4.37. The second kappa shape index (κ2) is 8.55. The SMILES string of the molecule is COc1ccc(OC)c(NC(=O)C(C)OC(=O)c2cc3ccc(OC)cc3[nH]2)c1. The predicted molar refractivity (Wildman–Crippen MR) is 108 cm³/mol. The van der Waals surface area contributed by atoms with Gasteiger partial charge in [0.25, 0.3) is 5.91 Å². The number of ether oxygens (including phenoxy) is 4. The van der Waals surface area contributed by atoms with Gasteiger partial charge in [-0.15, -0.1) is 0 Å². The molecule has 29 heavy (non-hydrogen) atoms. The van der Waals surface area contributed by atoms with E-state index in [2.05, 4.69) is 10.3 Å². The topological polar surface area (TPSA) is 98.9 Å². The lowest BCUT2D eigenvalue weighted by molar-refractivity contribution is -0.123. The summed E-state index contributed by atoms with van der Waals surface area (Å²) in [5.41, 5.74) is 1.39. The number of amides is 1. The molecule has 0 radical (unpaired) electrons. The van der Waals surface area contributed by atoms with Gasteiger partial charge >= 0.3 is 5.97 Å². The fraction of sp³-hybridized carbons (Fsp3) is 0.238. The van der Waals surface area contributed by atoms with E-state index in [1.54, 1.807) is 43.5 Å². The van der Waals surface area contributed by atoms with Crippen LogP contribution in [0.3, 0.4) is 0 Å². The molecule has 0 aliphatic carbocycles. The highest BCUT2D eigenvalue weighted by atomic mass is 16.5. The van der Waals surface area contributed by atoms with E-state index in [0.29, 0.717) is 22.9 Å². The quantitative estimate of drug-likeness (QED) is 0.592. The summed E-state index contributed by atoms with van der Waals surface area (Å²) >= 11 is 0. The maximum absolute atomic E-state index is 12.5. The second-order valence-corrected chi connectivity index (χ2v) is 6.24. The molecular formula is C21H22N2O6. The molecular weight excluding hydrogens is 376 g/mol. The Hall–Kier alpha value is -3.68. The number of nitrogens with one attached hydrogen (secondary N) is 2. The molecule has 0 bridgehead atoms. The number of hydrogen-bond donors (Lipinski definition) is 2. The number of esters is 1. The van der Waals surface area contributed by atoms with Crippen molar-refractivity contribution in [1.29, 1.82) is 0 Å². The highest BCUT2D eigenvalue weighted by Crippen LogP contribution is 2.29. The number of H-pyrrole nitrogens is 1. The Labute approximate surface area is 167 Å². The predicted octanol–water partition coefficient (Wildman–Crippen LogP) is 3.38. The first kappa shape index (κ1) is 20.1. The molecule has 0 saturated heterocycles. The highest BCUT2D eigenvalue weighted by molar-refractivity contribution is 5.99. The van der Waals surface area contributed by atoms with Crippen molar-refractivity contribution in [1.82, 2.24) is 4.98 Å². The number of carbonyl (C=O) groups excluding carboxylic acids is 2. The van der Waals surface area contributed by atoms with E-state index in [9.17, 15) is 9.59 Å². The van der Waals surface area contributed by atoms with Crippen molar-refractivity contribution < 1.29 is 28.5 Å². The van der Waals surface area contributed by atoms with Crippen LogP contribution < -0.4 is 19.5 Å². The normalized spacial score (nSPS) is 11.6. The molecule has 2 aromatic carbocycles. The molecule has 2 N–H and O–H groups in total. The van der Waals surface area contributed by atoms with Gasteiger partial charge < -0.3 is 29.2 Å². The van der Waals surface area contributed by atoms with Crippen LogP contribution in [0.4, 0.5) is 5.69 Å². The number of anilines is 1. The minimum atomic E-state index is -1.03. The van der Waals surface area contributed by atoms with E-state index < -0.39 is 18.0 Å². The Morgan fingerprint density at radius 2 is 1.62 bits per heavy atom. The Bertz CT molecular complexity index is 1040. The van der Waals surface area contributed by atoms with Crippen molar-refractivity contribution in [3.63, 3.8) is 0 Å². The van der Waals surface area contributed by atoms with Crippen molar-refractivity contribution >= 4 is 28.5 Å². The Morgan fingerprint density at radius 1 is 0.931 bits per heavy atom. The molecule has 3 rings (SSSR count).